The average Bonchev–Trinajstić information content (AvgIpc) is 3.29. The molecule has 2 heterocycles. The van der Waals surface area contributed by atoms with Crippen molar-refractivity contribution in [2.45, 2.75) is 25.0 Å². The molecule has 2 aromatic carbocycles. The number of thioether (sulfide) groups is 1. The fourth-order valence-electron chi connectivity index (χ4n) is 3.68. The number of nitrogens with one attached hydrogen (secondary N) is 2. The van der Waals surface area contributed by atoms with Gasteiger partial charge in [-0.25, -0.2) is 4.98 Å². The standard InChI is InChI=1S/C25H26N4O4S/c1-3-10-26-23(31)16-8-9-18-21(13-16)28-25(29(24(18)32)11-12-33-2)34-15-22(30)19-14-27-20-7-5-4-6-17(19)20/h4-9,13-14,27H,3,10-12,15H2,1-2H3,(H,26,31). The average molecular weight is 479 g/mol. The third-order valence-corrected chi connectivity index (χ3v) is 6.44. The van der Waals surface area contributed by atoms with Gasteiger partial charge in [0.1, 0.15) is 0 Å². The zero-order valence-electron chi connectivity index (χ0n) is 19.1. The molecule has 2 N–H and O–H groups in total. The van der Waals surface area contributed by atoms with Gasteiger partial charge in [-0.15, -0.1) is 0 Å². The van der Waals surface area contributed by atoms with Gasteiger partial charge in [0.2, 0.25) is 0 Å². The number of carbonyl (C=O) groups excluding carboxylic acids is 2. The Hall–Kier alpha value is -3.43. The second-order valence-electron chi connectivity index (χ2n) is 7.79. The molecule has 4 rings (SSSR count). The summed E-state index contributed by atoms with van der Waals surface area (Å²) in [5, 5.41) is 4.52. The lowest BCUT2D eigenvalue weighted by Crippen LogP contribution is -2.26. The number of benzene rings is 2. The largest absolute Gasteiger partial charge is 0.383 e. The molecule has 0 spiro atoms. The van der Waals surface area contributed by atoms with Crippen LogP contribution in [-0.2, 0) is 11.3 Å². The van der Waals surface area contributed by atoms with Crippen molar-refractivity contribution < 1.29 is 14.3 Å². The van der Waals surface area contributed by atoms with Gasteiger partial charge in [-0.2, -0.15) is 0 Å². The predicted molar refractivity (Wildman–Crippen MR) is 134 cm³/mol. The number of Topliss-reactive ketones (excluding diaryl/α,β-unsaturated/α-hetero) is 1. The first-order valence-corrected chi connectivity index (χ1v) is 12.1. The quantitative estimate of drug-likeness (QED) is 0.205. The van der Waals surface area contributed by atoms with Gasteiger partial charge in [-0.3, -0.25) is 19.0 Å². The van der Waals surface area contributed by atoms with Gasteiger partial charge in [0.15, 0.2) is 10.9 Å². The third kappa shape index (κ3) is 4.90. The van der Waals surface area contributed by atoms with Crippen molar-refractivity contribution >= 4 is 45.3 Å². The number of rotatable bonds is 10. The van der Waals surface area contributed by atoms with Crippen LogP contribution in [-0.4, -0.2) is 52.2 Å². The molecule has 1 amide bonds. The maximum Gasteiger partial charge on any atom is 0.262 e. The predicted octanol–water partition coefficient (Wildman–Crippen LogP) is 3.64. The minimum atomic E-state index is -0.232. The number of ketones is 1. The maximum absolute atomic E-state index is 13.2. The number of aromatic amines is 1. The Balaban J connectivity index is 1.66. The number of hydrogen-bond donors (Lipinski definition) is 2. The molecule has 2 aromatic heterocycles. The van der Waals surface area contributed by atoms with Crippen molar-refractivity contribution in [2.75, 3.05) is 26.0 Å². The molecule has 0 atom stereocenters. The topological polar surface area (TPSA) is 106 Å². The highest BCUT2D eigenvalue weighted by atomic mass is 32.2. The Morgan fingerprint density at radius 1 is 1.18 bits per heavy atom. The maximum atomic E-state index is 13.2. The van der Waals surface area contributed by atoms with Gasteiger partial charge in [0, 0.05) is 41.9 Å². The van der Waals surface area contributed by atoms with E-state index >= 15 is 0 Å². The van der Waals surface area contributed by atoms with Crippen molar-refractivity contribution in [3.63, 3.8) is 0 Å². The second-order valence-corrected chi connectivity index (χ2v) is 8.73. The summed E-state index contributed by atoms with van der Waals surface area (Å²) in [5.41, 5.74) is 2.12. The Labute approximate surface area is 200 Å². The van der Waals surface area contributed by atoms with E-state index in [2.05, 4.69) is 15.3 Å². The summed E-state index contributed by atoms with van der Waals surface area (Å²) in [7, 11) is 1.56. The monoisotopic (exact) mass is 478 g/mol. The summed E-state index contributed by atoms with van der Waals surface area (Å²) < 4.78 is 6.69. The van der Waals surface area contributed by atoms with E-state index in [1.54, 1.807) is 31.5 Å². The lowest BCUT2D eigenvalue weighted by Gasteiger charge is -2.13. The molecular formula is C25H26N4O4S. The van der Waals surface area contributed by atoms with Gasteiger partial charge in [-0.05, 0) is 30.7 Å². The van der Waals surface area contributed by atoms with Crippen LogP contribution in [0.3, 0.4) is 0 Å². The molecule has 0 fully saturated rings. The van der Waals surface area contributed by atoms with Crippen LogP contribution in [0.15, 0.2) is 58.6 Å². The van der Waals surface area contributed by atoms with E-state index < -0.39 is 0 Å². The highest BCUT2D eigenvalue weighted by Crippen LogP contribution is 2.23. The molecule has 0 aliphatic heterocycles. The van der Waals surface area contributed by atoms with Crippen molar-refractivity contribution in [1.29, 1.82) is 0 Å². The van der Waals surface area contributed by atoms with Gasteiger partial charge in [0.25, 0.3) is 11.5 Å². The number of methoxy groups -OCH3 is 1. The smallest absolute Gasteiger partial charge is 0.262 e. The Morgan fingerprint density at radius 2 is 2.00 bits per heavy atom. The number of amides is 1. The van der Waals surface area contributed by atoms with E-state index in [1.807, 2.05) is 31.2 Å². The van der Waals surface area contributed by atoms with E-state index in [0.717, 1.165) is 17.3 Å². The van der Waals surface area contributed by atoms with Gasteiger partial charge < -0.3 is 15.0 Å². The van der Waals surface area contributed by atoms with Crippen LogP contribution in [0.4, 0.5) is 0 Å². The molecule has 0 aliphatic carbocycles. The van der Waals surface area contributed by atoms with Crippen LogP contribution in [0, 0.1) is 0 Å². The second kappa shape index (κ2) is 10.7. The molecule has 34 heavy (non-hydrogen) atoms. The summed E-state index contributed by atoms with van der Waals surface area (Å²) >= 11 is 1.20. The number of nitrogens with zero attached hydrogens (tertiary/aromatic N) is 2. The fourth-order valence-corrected chi connectivity index (χ4v) is 4.59. The fraction of sp³-hybridized carbons (Fsp3) is 0.280. The van der Waals surface area contributed by atoms with Crippen LogP contribution in [0.25, 0.3) is 21.8 Å². The molecule has 0 saturated heterocycles. The van der Waals surface area contributed by atoms with Crippen molar-refractivity contribution in [1.82, 2.24) is 19.9 Å². The van der Waals surface area contributed by atoms with Crippen molar-refractivity contribution in [3.05, 3.63) is 70.1 Å². The number of H-pyrrole nitrogens is 1. The van der Waals surface area contributed by atoms with Crippen LogP contribution < -0.4 is 10.9 Å². The first kappa shape index (κ1) is 23.7. The molecule has 0 saturated carbocycles. The highest BCUT2D eigenvalue weighted by Gasteiger charge is 2.17. The zero-order chi connectivity index (χ0) is 24.1. The van der Waals surface area contributed by atoms with Gasteiger partial charge >= 0.3 is 0 Å². The molecular weight excluding hydrogens is 452 g/mol. The molecule has 0 aliphatic rings. The lowest BCUT2D eigenvalue weighted by atomic mass is 10.1. The number of carbonyl (C=O) groups is 2. The van der Waals surface area contributed by atoms with Crippen LogP contribution in [0.1, 0.15) is 34.1 Å². The molecule has 0 unspecified atom stereocenters. The van der Waals surface area contributed by atoms with Crippen molar-refractivity contribution in [3.8, 4) is 0 Å². The van der Waals surface area contributed by atoms with E-state index in [0.29, 0.717) is 46.9 Å². The normalized spacial score (nSPS) is 11.2. The van der Waals surface area contributed by atoms with Crippen LogP contribution in [0.2, 0.25) is 0 Å². The minimum Gasteiger partial charge on any atom is -0.383 e. The Bertz CT molecular complexity index is 1410. The summed E-state index contributed by atoms with van der Waals surface area (Å²) in [6.45, 7) is 3.18. The van der Waals surface area contributed by atoms with Crippen LogP contribution >= 0.6 is 11.8 Å². The van der Waals surface area contributed by atoms with Gasteiger partial charge in [0.05, 0.1) is 29.8 Å². The van der Waals surface area contributed by atoms with Gasteiger partial charge in [-0.1, -0.05) is 36.9 Å². The summed E-state index contributed by atoms with van der Waals surface area (Å²) in [4.78, 5) is 46.4. The van der Waals surface area contributed by atoms with Crippen LogP contribution in [0.5, 0.6) is 0 Å². The molecule has 0 bridgehead atoms. The molecule has 0 radical (unpaired) electrons. The van der Waals surface area contributed by atoms with Crippen molar-refractivity contribution in [2.24, 2.45) is 0 Å². The first-order valence-electron chi connectivity index (χ1n) is 11.1. The minimum absolute atomic E-state index is 0.0669. The van der Waals surface area contributed by atoms with E-state index in [1.165, 1.54) is 16.3 Å². The highest BCUT2D eigenvalue weighted by molar-refractivity contribution is 7.99. The third-order valence-electron chi connectivity index (χ3n) is 5.46. The first-order chi connectivity index (χ1) is 16.5. The zero-order valence-corrected chi connectivity index (χ0v) is 19.9. The summed E-state index contributed by atoms with van der Waals surface area (Å²) in [6.07, 6.45) is 2.54. The lowest BCUT2D eigenvalue weighted by molar-refractivity contribution is 0.0953. The Kier molecular flexibility index (Phi) is 7.44. The number of para-hydroxylation sites is 1. The molecule has 9 heteroatoms. The van der Waals surface area contributed by atoms with E-state index in [4.69, 9.17) is 4.74 Å². The molecule has 4 aromatic rings. The van der Waals surface area contributed by atoms with E-state index in [-0.39, 0.29) is 23.0 Å². The SMILES string of the molecule is CCCNC(=O)c1ccc2c(=O)n(CCOC)c(SCC(=O)c3c[nH]c4ccccc34)nc2c1. The van der Waals surface area contributed by atoms with E-state index in [9.17, 15) is 14.4 Å². The summed E-state index contributed by atoms with van der Waals surface area (Å²) in [6, 6.07) is 12.5. The number of fused-ring (bicyclic) bond motifs is 2. The number of hydrogen-bond acceptors (Lipinski definition) is 6. The number of ether oxygens (including phenoxy) is 1. The number of aromatic nitrogens is 3. The Morgan fingerprint density at radius 3 is 2.79 bits per heavy atom. The molecule has 176 valence electrons. The summed E-state index contributed by atoms with van der Waals surface area (Å²) in [5.74, 6) is -0.163. The molecule has 8 nitrogen and oxygen atoms in total.